The Labute approximate surface area is 152 Å². The molecular formula is C20H23N3O3. The van der Waals surface area contributed by atoms with Gasteiger partial charge in [0.05, 0.1) is 24.4 Å². The van der Waals surface area contributed by atoms with Gasteiger partial charge in [0.2, 0.25) is 0 Å². The van der Waals surface area contributed by atoms with Crippen LogP contribution in [0.4, 0.5) is 0 Å². The first kappa shape index (κ1) is 17.8. The van der Waals surface area contributed by atoms with E-state index in [1.807, 2.05) is 56.0 Å². The minimum atomic E-state index is -0.363. The normalized spacial score (nSPS) is 11.4. The maximum Gasteiger partial charge on any atom is 0.330 e. The van der Waals surface area contributed by atoms with E-state index in [4.69, 9.17) is 9.47 Å². The molecule has 0 aliphatic carbocycles. The van der Waals surface area contributed by atoms with Crippen LogP contribution in [0.15, 0.2) is 36.5 Å². The summed E-state index contributed by atoms with van der Waals surface area (Å²) in [5, 5.41) is 5.62. The second kappa shape index (κ2) is 7.47. The molecule has 0 saturated carbocycles. The second-order valence-electron chi connectivity index (χ2n) is 5.87. The molecule has 3 rings (SSSR count). The Hall–Kier alpha value is -3.02. The Balaban J connectivity index is 2.11. The van der Waals surface area contributed by atoms with E-state index in [-0.39, 0.29) is 5.97 Å². The number of fused-ring (bicyclic) bond motifs is 1. The van der Waals surface area contributed by atoms with Gasteiger partial charge in [-0.05, 0) is 45.0 Å². The van der Waals surface area contributed by atoms with Crippen molar-refractivity contribution in [3.63, 3.8) is 0 Å². The lowest BCUT2D eigenvalue weighted by Gasteiger charge is -2.09. The molecule has 136 valence electrons. The van der Waals surface area contributed by atoms with Gasteiger partial charge < -0.3 is 14.0 Å². The molecular weight excluding hydrogens is 330 g/mol. The molecule has 6 heteroatoms. The van der Waals surface area contributed by atoms with Gasteiger partial charge in [0, 0.05) is 36.3 Å². The van der Waals surface area contributed by atoms with E-state index in [1.165, 1.54) is 6.08 Å². The standard InChI is InChI=1S/C20H23N3O3/c1-5-25-16-8-7-15-11-12-23(18(15)13-16)20-17(14(3)21-22(20)4)9-10-19(24)26-6-2/h7-13H,5-6H2,1-4H3/b10-9+. The summed E-state index contributed by atoms with van der Waals surface area (Å²) in [6.07, 6.45) is 5.20. The van der Waals surface area contributed by atoms with Crippen LogP contribution in [0.1, 0.15) is 25.1 Å². The van der Waals surface area contributed by atoms with Gasteiger partial charge in [-0.3, -0.25) is 4.68 Å². The Morgan fingerprint density at radius 3 is 2.77 bits per heavy atom. The van der Waals surface area contributed by atoms with Crippen molar-refractivity contribution in [3.05, 3.63) is 47.8 Å². The second-order valence-corrected chi connectivity index (χ2v) is 5.87. The minimum absolute atomic E-state index is 0.352. The lowest BCUT2D eigenvalue weighted by atomic mass is 10.2. The van der Waals surface area contributed by atoms with Gasteiger partial charge in [0.15, 0.2) is 0 Å². The van der Waals surface area contributed by atoms with E-state index in [9.17, 15) is 4.79 Å². The molecule has 3 aromatic rings. The molecule has 0 atom stereocenters. The van der Waals surface area contributed by atoms with Gasteiger partial charge in [-0.2, -0.15) is 5.10 Å². The molecule has 0 spiro atoms. The predicted molar refractivity (Wildman–Crippen MR) is 102 cm³/mol. The summed E-state index contributed by atoms with van der Waals surface area (Å²) in [5.74, 6) is 1.34. The van der Waals surface area contributed by atoms with Gasteiger partial charge in [0.1, 0.15) is 11.6 Å². The lowest BCUT2D eigenvalue weighted by molar-refractivity contribution is -0.137. The number of carbonyl (C=O) groups excluding carboxylic acids is 1. The Morgan fingerprint density at radius 2 is 2.04 bits per heavy atom. The number of hydrogen-bond acceptors (Lipinski definition) is 4. The van der Waals surface area contributed by atoms with Crippen molar-refractivity contribution >= 4 is 22.9 Å². The first-order valence-corrected chi connectivity index (χ1v) is 8.67. The van der Waals surface area contributed by atoms with Crippen LogP contribution in [-0.4, -0.2) is 33.5 Å². The molecule has 2 heterocycles. The number of hydrogen-bond donors (Lipinski definition) is 0. The Bertz CT molecular complexity index is 966. The zero-order valence-corrected chi connectivity index (χ0v) is 15.5. The maximum absolute atomic E-state index is 11.7. The molecule has 1 aromatic carbocycles. The van der Waals surface area contributed by atoms with Gasteiger partial charge in [-0.15, -0.1) is 0 Å². The lowest BCUT2D eigenvalue weighted by Crippen LogP contribution is -2.03. The van der Waals surface area contributed by atoms with Gasteiger partial charge in [-0.1, -0.05) is 0 Å². The molecule has 6 nitrogen and oxygen atoms in total. The third-order valence-electron chi connectivity index (χ3n) is 4.11. The third-order valence-corrected chi connectivity index (χ3v) is 4.11. The highest BCUT2D eigenvalue weighted by Crippen LogP contribution is 2.28. The molecule has 0 aliphatic heterocycles. The molecule has 0 bridgehead atoms. The van der Waals surface area contributed by atoms with Crippen molar-refractivity contribution in [1.29, 1.82) is 0 Å². The average molecular weight is 353 g/mol. The predicted octanol–water partition coefficient (Wildman–Crippen LogP) is 3.65. The molecule has 0 aliphatic rings. The zero-order valence-electron chi connectivity index (χ0n) is 15.5. The van der Waals surface area contributed by atoms with Crippen molar-refractivity contribution in [3.8, 4) is 11.6 Å². The number of nitrogens with zero attached hydrogens (tertiary/aromatic N) is 3. The van der Waals surface area contributed by atoms with Gasteiger partial charge in [0.25, 0.3) is 0 Å². The maximum atomic E-state index is 11.7. The van der Waals surface area contributed by atoms with Crippen LogP contribution >= 0.6 is 0 Å². The van der Waals surface area contributed by atoms with E-state index < -0.39 is 0 Å². The van der Waals surface area contributed by atoms with Crippen LogP contribution in [0.25, 0.3) is 22.8 Å². The number of ether oxygens (including phenoxy) is 2. The quantitative estimate of drug-likeness (QED) is 0.501. The summed E-state index contributed by atoms with van der Waals surface area (Å²) in [4.78, 5) is 11.7. The number of carbonyl (C=O) groups is 1. The number of aryl methyl sites for hydroxylation is 2. The summed E-state index contributed by atoms with van der Waals surface area (Å²) in [7, 11) is 1.89. The Kier molecular flexibility index (Phi) is 5.11. The number of esters is 1. The molecule has 0 amide bonds. The first-order chi connectivity index (χ1) is 12.5. The van der Waals surface area contributed by atoms with Crippen LogP contribution in [0.2, 0.25) is 0 Å². The highest BCUT2D eigenvalue weighted by atomic mass is 16.5. The molecule has 0 unspecified atom stereocenters. The van der Waals surface area contributed by atoms with E-state index in [0.29, 0.717) is 13.2 Å². The van der Waals surface area contributed by atoms with E-state index in [0.717, 1.165) is 33.7 Å². The molecule has 0 radical (unpaired) electrons. The van der Waals surface area contributed by atoms with Crippen molar-refractivity contribution < 1.29 is 14.3 Å². The summed E-state index contributed by atoms with van der Waals surface area (Å²) in [6, 6.07) is 8.06. The van der Waals surface area contributed by atoms with Crippen molar-refractivity contribution in [1.82, 2.24) is 14.3 Å². The highest BCUT2D eigenvalue weighted by Gasteiger charge is 2.15. The fourth-order valence-electron chi connectivity index (χ4n) is 3.03. The van der Waals surface area contributed by atoms with Crippen LogP contribution in [0.3, 0.4) is 0 Å². The SMILES string of the molecule is CCOC(=O)/C=C/c1c(C)nn(C)c1-n1ccc2ccc(OCC)cc21. The summed E-state index contributed by atoms with van der Waals surface area (Å²) >= 11 is 0. The third kappa shape index (κ3) is 3.35. The summed E-state index contributed by atoms with van der Waals surface area (Å²) in [6.45, 7) is 6.64. The summed E-state index contributed by atoms with van der Waals surface area (Å²) in [5.41, 5.74) is 2.73. The van der Waals surface area contributed by atoms with Crippen molar-refractivity contribution in [2.45, 2.75) is 20.8 Å². The Morgan fingerprint density at radius 1 is 1.23 bits per heavy atom. The van der Waals surface area contributed by atoms with Crippen LogP contribution in [0.5, 0.6) is 5.75 Å². The summed E-state index contributed by atoms with van der Waals surface area (Å²) < 4.78 is 14.5. The van der Waals surface area contributed by atoms with E-state index in [1.54, 1.807) is 13.0 Å². The largest absolute Gasteiger partial charge is 0.494 e. The van der Waals surface area contributed by atoms with Crippen LogP contribution < -0.4 is 4.74 Å². The smallest absolute Gasteiger partial charge is 0.330 e. The first-order valence-electron chi connectivity index (χ1n) is 8.67. The molecule has 0 saturated heterocycles. The van der Waals surface area contributed by atoms with E-state index >= 15 is 0 Å². The fourth-order valence-corrected chi connectivity index (χ4v) is 3.03. The average Bonchev–Trinajstić information content (AvgIpc) is 3.13. The minimum Gasteiger partial charge on any atom is -0.494 e. The van der Waals surface area contributed by atoms with Crippen LogP contribution in [0, 0.1) is 6.92 Å². The number of benzene rings is 1. The van der Waals surface area contributed by atoms with Crippen molar-refractivity contribution in [2.75, 3.05) is 13.2 Å². The highest BCUT2D eigenvalue weighted by molar-refractivity contribution is 5.89. The topological polar surface area (TPSA) is 58.3 Å². The number of rotatable bonds is 6. The van der Waals surface area contributed by atoms with Crippen molar-refractivity contribution in [2.24, 2.45) is 7.05 Å². The monoisotopic (exact) mass is 353 g/mol. The molecule has 2 aromatic heterocycles. The molecule has 26 heavy (non-hydrogen) atoms. The zero-order chi connectivity index (χ0) is 18.7. The molecule has 0 N–H and O–H groups in total. The fraction of sp³-hybridized carbons (Fsp3) is 0.300. The van der Waals surface area contributed by atoms with E-state index in [2.05, 4.69) is 9.67 Å². The van der Waals surface area contributed by atoms with Crippen LogP contribution in [-0.2, 0) is 16.6 Å². The van der Waals surface area contributed by atoms with Gasteiger partial charge in [-0.25, -0.2) is 4.79 Å². The van der Waals surface area contributed by atoms with Gasteiger partial charge >= 0.3 is 5.97 Å². The molecule has 0 fully saturated rings. The number of aromatic nitrogens is 3.